The van der Waals surface area contributed by atoms with Crippen molar-refractivity contribution >= 4 is 22.1 Å². The summed E-state index contributed by atoms with van der Waals surface area (Å²) in [6.07, 6.45) is 1.69. The summed E-state index contributed by atoms with van der Waals surface area (Å²) >= 11 is 3.33. The zero-order chi connectivity index (χ0) is 8.81. The second-order valence-corrected chi connectivity index (χ2v) is 3.10. The molecule has 60 valence electrons. The Balaban J connectivity index is 2.66. The van der Waals surface area contributed by atoms with Gasteiger partial charge in [0.05, 0.1) is 6.07 Å². The maximum atomic E-state index is 8.22. The molecule has 1 aromatic carbocycles. The van der Waals surface area contributed by atoms with E-state index in [1.54, 1.807) is 6.21 Å². The third-order valence-electron chi connectivity index (χ3n) is 1.27. The van der Waals surface area contributed by atoms with Crippen molar-refractivity contribution in [3.05, 3.63) is 34.3 Å². The number of nitrogens with zero attached hydrogens (tertiary/aromatic N) is 2. The highest BCUT2D eigenvalue weighted by molar-refractivity contribution is 9.10. The summed E-state index contributed by atoms with van der Waals surface area (Å²) in [5.74, 6) is 0. The normalized spacial score (nSPS) is 10.0. The fraction of sp³-hybridized carbons (Fsp3) is 0.111. The summed E-state index contributed by atoms with van der Waals surface area (Å²) < 4.78 is 1.04. The predicted molar refractivity (Wildman–Crippen MR) is 52.2 cm³/mol. The van der Waals surface area contributed by atoms with Gasteiger partial charge < -0.3 is 0 Å². The van der Waals surface area contributed by atoms with Crippen LogP contribution in [0.3, 0.4) is 0 Å². The van der Waals surface area contributed by atoms with Gasteiger partial charge in [-0.2, -0.15) is 5.26 Å². The molecule has 2 nitrogen and oxygen atoms in total. The van der Waals surface area contributed by atoms with Crippen molar-refractivity contribution in [3.63, 3.8) is 0 Å². The first-order valence-corrected chi connectivity index (χ1v) is 4.24. The quantitative estimate of drug-likeness (QED) is 0.560. The molecule has 0 saturated heterocycles. The van der Waals surface area contributed by atoms with Gasteiger partial charge in [0.25, 0.3) is 0 Å². The number of hydrogen-bond donors (Lipinski definition) is 0. The zero-order valence-electron chi connectivity index (χ0n) is 6.37. The Labute approximate surface area is 79.7 Å². The Kier molecular flexibility index (Phi) is 3.49. The van der Waals surface area contributed by atoms with Crippen molar-refractivity contribution in [1.29, 1.82) is 5.26 Å². The molecule has 0 aromatic heterocycles. The zero-order valence-corrected chi connectivity index (χ0v) is 7.95. The summed E-state index contributed by atoms with van der Waals surface area (Å²) in [5.41, 5.74) is 1.01. The lowest BCUT2D eigenvalue weighted by molar-refractivity contribution is 1.25. The summed E-state index contributed by atoms with van der Waals surface area (Å²) in [5, 5.41) is 8.22. The van der Waals surface area contributed by atoms with E-state index in [1.165, 1.54) is 0 Å². The molecular weight excluding hydrogens is 216 g/mol. The van der Waals surface area contributed by atoms with E-state index in [0.717, 1.165) is 10.0 Å². The first-order valence-electron chi connectivity index (χ1n) is 3.45. The molecule has 0 unspecified atom stereocenters. The molecular formula is C9H7BrN2. The molecule has 0 aliphatic carbocycles. The topological polar surface area (TPSA) is 36.1 Å². The summed E-state index contributed by atoms with van der Waals surface area (Å²) in [4.78, 5) is 3.89. The lowest BCUT2D eigenvalue weighted by Gasteiger charge is -1.91. The van der Waals surface area contributed by atoms with Crippen LogP contribution in [0, 0.1) is 11.3 Å². The Bertz CT molecular complexity index is 308. The van der Waals surface area contributed by atoms with E-state index >= 15 is 0 Å². The van der Waals surface area contributed by atoms with Crippen LogP contribution in [0.4, 0.5) is 0 Å². The SMILES string of the molecule is N#CCN=Cc1ccc(Br)cc1. The maximum Gasteiger partial charge on any atom is 0.126 e. The standard InChI is InChI=1S/C9H7BrN2/c10-9-3-1-8(2-4-9)7-12-6-5-11/h1-4,7H,6H2. The fourth-order valence-corrected chi connectivity index (χ4v) is 1.01. The van der Waals surface area contributed by atoms with E-state index in [1.807, 2.05) is 30.3 Å². The Morgan fingerprint density at radius 3 is 2.67 bits per heavy atom. The van der Waals surface area contributed by atoms with Gasteiger partial charge in [0.1, 0.15) is 6.54 Å². The van der Waals surface area contributed by atoms with Crippen LogP contribution in [0.1, 0.15) is 5.56 Å². The number of rotatable bonds is 2. The third kappa shape index (κ3) is 2.85. The van der Waals surface area contributed by atoms with Crippen LogP contribution >= 0.6 is 15.9 Å². The van der Waals surface area contributed by atoms with Gasteiger partial charge in [0.2, 0.25) is 0 Å². The largest absolute Gasteiger partial charge is 0.277 e. The minimum absolute atomic E-state index is 0.218. The molecule has 12 heavy (non-hydrogen) atoms. The highest BCUT2D eigenvalue weighted by Crippen LogP contribution is 2.08. The molecule has 0 radical (unpaired) electrons. The van der Waals surface area contributed by atoms with Gasteiger partial charge in [0, 0.05) is 10.7 Å². The van der Waals surface area contributed by atoms with Crippen molar-refractivity contribution < 1.29 is 0 Å². The van der Waals surface area contributed by atoms with E-state index in [-0.39, 0.29) is 6.54 Å². The number of nitriles is 1. The molecule has 0 aliphatic rings. The minimum atomic E-state index is 0.218. The molecule has 3 heteroatoms. The Morgan fingerprint density at radius 2 is 2.08 bits per heavy atom. The van der Waals surface area contributed by atoms with Crippen LogP contribution in [0.15, 0.2) is 33.7 Å². The maximum absolute atomic E-state index is 8.22. The summed E-state index contributed by atoms with van der Waals surface area (Å²) in [7, 11) is 0. The van der Waals surface area contributed by atoms with Crippen molar-refractivity contribution in [2.45, 2.75) is 0 Å². The molecule has 0 atom stereocenters. The van der Waals surface area contributed by atoms with Gasteiger partial charge in [-0.05, 0) is 17.7 Å². The fourth-order valence-electron chi connectivity index (χ4n) is 0.741. The van der Waals surface area contributed by atoms with E-state index in [4.69, 9.17) is 5.26 Å². The predicted octanol–water partition coefficient (Wildman–Crippen LogP) is 2.39. The summed E-state index contributed by atoms with van der Waals surface area (Å²) in [6.45, 7) is 0.218. The first kappa shape index (κ1) is 8.95. The number of hydrogen-bond acceptors (Lipinski definition) is 2. The van der Waals surface area contributed by atoms with E-state index in [0.29, 0.717) is 0 Å². The molecule has 0 bridgehead atoms. The molecule has 1 aromatic rings. The third-order valence-corrected chi connectivity index (χ3v) is 1.80. The van der Waals surface area contributed by atoms with Crippen molar-refractivity contribution in [2.24, 2.45) is 4.99 Å². The van der Waals surface area contributed by atoms with Crippen LogP contribution in [-0.4, -0.2) is 12.8 Å². The second kappa shape index (κ2) is 4.68. The van der Waals surface area contributed by atoms with Crippen LogP contribution in [0.2, 0.25) is 0 Å². The molecule has 1 rings (SSSR count). The van der Waals surface area contributed by atoms with Gasteiger partial charge in [-0.15, -0.1) is 0 Å². The van der Waals surface area contributed by atoms with Gasteiger partial charge >= 0.3 is 0 Å². The van der Waals surface area contributed by atoms with Crippen LogP contribution < -0.4 is 0 Å². The van der Waals surface area contributed by atoms with Crippen molar-refractivity contribution in [1.82, 2.24) is 0 Å². The number of benzene rings is 1. The lowest BCUT2D eigenvalue weighted by Crippen LogP contribution is -1.81. The van der Waals surface area contributed by atoms with Crippen LogP contribution in [0.25, 0.3) is 0 Å². The van der Waals surface area contributed by atoms with Gasteiger partial charge in [0.15, 0.2) is 0 Å². The van der Waals surface area contributed by atoms with Crippen LogP contribution in [-0.2, 0) is 0 Å². The summed E-state index contributed by atoms with van der Waals surface area (Å²) in [6, 6.07) is 9.69. The molecule has 0 heterocycles. The Morgan fingerprint density at radius 1 is 1.42 bits per heavy atom. The van der Waals surface area contributed by atoms with Gasteiger partial charge in [-0.3, -0.25) is 4.99 Å². The smallest absolute Gasteiger partial charge is 0.126 e. The van der Waals surface area contributed by atoms with E-state index in [9.17, 15) is 0 Å². The van der Waals surface area contributed by atoms with E-state index < -0.39 is 0 Å². The van der Waals surface area contributed by atoms with Gasteiger partial charge in [-0.1, -0.05) is 28.1 Å². The lowest BCUT2D eigenvalue weighted by atomic mass is 10.2. The second-order valence-electron chi connectivity index (χ2n) is 2.18. The first-order chi connectivity index (χ1) is 5.83. The molecule has 0 amide bonds. The average Bonchev–Trinajstić information content (AvgIpc) is 2.09. The molecule has 0 aliphatic heterocycles. The molecule has 0 fully saturated rings. The highest BCUT2D eigenvalue weighted by atomic mass is 79.9. The number of aliphatic imine (C=N–C) groups is 1. The van der Waals surface area contributed by atoms with Crippen LogP contribution in [0.5, 0.6) is 0 Å². The molecule has 0 saturated carbocycles. The molecule has 0 spiro atoms. The van der Waals surface area contributed by atoms with E-state index in [2.05, 4.69) is 20.9 Å². The highest BCUT2D eigenvalue weighted by Gasteiger charge is 1.86. The van der Waals surface area contributed by atoms with Crippen molar-refractivity contribution in [2.75, 3.05) is 6.54 Å². The monoisotopic (exact) mass is 222 g/mol. The van der Waals surface area contributed by atoms with Crippen molar-refractivity contribution in [3.8, 4) is 6.07 Å². The Hall–Kier alpha value is -1.14. The van der Waals surface area contributed by atoms with Gasteiger partial charge in [-0.25, -0.2) is 0 Å². The minimum Gasteiger partial charge on any atom is -0.277 e. The average molecular weight is 223 g/mol. The number of halogens is 1. The molecule has 0 N–H and O–H groups in total.